The van der Waals surface area contributed by atoms with Crippen molar-refractivity contribution in [2.24, 2.45) is 16.7 Å². The second-order valence-corrected chi connectivity index (χ2v) is 9.24. The minimum atomic E-state index is -1.19. The molecule has 5 nitrogen and oxygen atoms in total. The maximum absolute atomic E-state index is 13.0. The van der Waals surface area contributed by atoms with E-state index in [9.17, 15) is 14.4 Å². The number of fused-ring (bicyclic) bond motifs is 2. The van der Waals surface area contributed by atoms with Gasteiger partial charge in [0.25, 0.3) is 0 Å². The van der Waals surface area contributed by atoms with Gasteiger partial charge in [-0.2, -0.15) is 0 Å². The smallest absolute Gasteiger partial charge is 0.178 e. The molecule has 2 saturated carbocycles. The number of hydrogen-bond donors (Lipinski definition) is 2. The first kappa shape index (κ1) is 17.5. The number of aliphatic hydroxyl groups is 2. The van der Waals surface area contributed by atoms with Gasteiger partial charge in [-0.15, -0.1) is 0 Å². The third kappa shape index (κ3) is 2.72. The Balaban J connectivity index is 1.80. The highest BCUT2D eigenvalue weighted by Crippen LogP contribution is 2.66. The number of rotatable bonds is 5. The molecule has 0 radical (unpaired) electrons. The van der Waals surface area contributed by atoms with Crippen molar-refractivity contribution in [3.8, 4) is 0 Å². The monoisotopic (exact) mass is 344 g/mol. The SMILES string of the molecule is CO[C@H]1C=C(S(=O)C[C@]23CC[C@H](C[C@H]2O)C3(C)C)C[C@@H](CO)O1. The lowest BCUT2D eigenvalue weighted by Gasteiger charge is -2.40. The summed E-state index contributed by atoms with van der Waals surface area (Å²) in [6.07, 6.45) is 3.80. The van der Waals surface area contributed by atoms with Gasteiger partial charge in [-0.1, -0.05) is 13.8 Å². The van der Waals surface area contributed by atoms with Crippen molar-refractivity contribution in [1.29, 1.82) is 0 Å². The Morgan fingerprint density at radius 3 is 2.74 bits per heavy atom. The second-order valence-electron chi connectivity index (χ2n) is 7.74. The van der Waals surface area contributed by atoms with E-state index in [1.165, 1.54) is 7.11 Å². The third-order valence-corrected chi connectivity index (χ3v) is 8.25. The normalized spacial score (nSPS) is 43.4. The van der Waals surface area contributed by atoms with E-state index in [-0.39, 0.29) is 29.6 Å². The predicted octanol–water partition coefficient (Wildman–Crippen LogP) is 1.56. The van der Waals surface area contributed by atoms with Crippen LogP contribution in [-0.4, -0.2) is 52.4 Å². The molecule has 0 amide bonds. The quantitative estimate of drug-likeness (QED) is 0.792. The molecular formula is C17H28O5S. The van der Waals surface area contributed by atoms with Crippen molar-refractivity contribution >= 4 is 10.8 Å². The summed E-state index contributed by atoms with van der Waals surface area (Å²) >= 11 is 0. The lowest BCUT2D eigenvalue weighted by Crippen LogP contribution is -2.44. The minimum absolute atomic E-state index is 0.0187. The van der Waals surface area contributed by atoms with Crippen LogP contribution in [-0.2, 0) is 20.3 Å². The summed E-state index contributed by atoms with van der Waals surface area (Å²) in [5, 5.41) is 20.0. The third-order valence-electron chi connectivity index (χ3n) is 6.58. The molecule has 2 N–H and O–H groups in total. The van der Waals surface area contributed by atoms with Crippen molar-refractivity contribution in [3.63, 3.8) is 0 Å². The van der Waals surface area contributed by atoms with E-state index in [0.29, 0.717) is 18.1 Å². The lowest BCUT2D eigenvalue weighted by molar-refractivity contribution is -0.142. The van der Waals surface area contributed by atoms with Gasteiger partial charge in [0.2, 0.25) is 0 Å². The Kier molecular flexibility index (Phi) is 4.75. The molecule has 3 rings (SSSR count). The van der Waals surface area contributed by atoms with Crippen molar-refractivity contribution in [1.82, 2.24) is 0 Å². The largest absolute Gasteiger partial charge is 0.394 e. The molecule has 1 unspecified atom stereocenters. The zero-order valence-electron chi connectivity index (χ0n) is 14.2. The molecule has 1 aliphatic heterocycles. The van der Waals surface area contributed by atoms with Gasteiger partial charge in [-0.05, 0) is 36.7 Å². The molecule has 23 heavy (non-hydrogen) atoms. The molecule has 6 atom stereocenters. The summed E-state index contributed by atoms with van der Waals surface area (Å²) in [5.74, 6) is 1.01. The van der Waals surface area contributed by atoms with Crippen LogP contribution in [0.1, 0.15) is 39.5 Å². The Labute approximate surface area is 140 Å². The zero-order chi connectivity index (χ0) is 16.8. The van der Waals surface area contributed by atoms with Crippen molar-refractivity contribution < 1.29 is 23.9 Å². The van der Waals surface area contributed by atoms with Gasteiger partial charge in [0.1, 0.15) is 0 Å². The van der Waals surface area contributed by atoms with E-state index >= 15 is 0 Å². The van der Waals surface area contributed by atoms with E-state index in [1.807, 2.05) is 0 Å². The van der Waals surface area contributed by atoms with Gasteiger partial charge >= 0.3 is 0 Å². The summed E-state index contributed by atoms with van der Waals surface area (Å²) in [7, 11) is 0.343. The topological polar surface area (TPSA) is 76.0 Å². The highest BCUT2D eigenvalue weighted by atomic mass is 32.2. The van der Waals surface area contributed by atoms with Gasteiger partial charge < -0.3 is 19.7 Å². The number of ether oxygens (including phenoxy) is 2. The van der Waals surface area contributed by atoms with Crippen molar-refractivity contribution in [3.05, 3.63) is 11.0 Å². The average Bonchev–Trinajstić information content (AvgIpc) is 2.88. The second kappa shape index (κ2) is 6.23. The number of hydrogen-bond acceptors (Lipinski definition) is 5. The molecule has 2 fully saturated rings. The molecule has 2 aliphatic carbocycles. The van der Waals surface area contributed by atoms with Gasteiger partial charge in [-0.3, -0.25) is 4.21 Å². The fourth-order valence-electron chi connectivity index (χ4n) is 4.83. The Morgan fingerprint density at radius 2 is 2.22 bits per heavy atom. The Hall–Kier alpha value is -0.270. The van der Waals surface area contributed by atoms with Gasteiger partial charge in [0, 0.05) is 40.4 Å². The summed E-state index contributed by atoms with van der Waals surface area (Å²) in [6.45, 7) is 4.31. The van der Waals surface area contributed by atoms with E-state index in [1.54, 1.807) is 6.08 Å². The van der Waals surface area contributed by atoms with Crippen LogP contribution in [0.2, 0.25) is 0 Å². The fourth-order valence-corrected chi connectivity index (χ4v) is 6.82. The van der Waals surface area contributed by atoms with Gasteiger partial charge in [0.15, 0.2) is 6.29 Å². The minimum Gasteiger partial charge on any atom is -0.394 e. The van der Waals surface area contributed by atoms with E-state index < -0.39 is 17.1 Å². The molecule has 0 aromatic rings. The zero-order valence-corrected chi connectivity index (χ0v) is 15.0. The van der Waals surface area contributed by atoms with Crippen LogP contribution < -0.4 is 0 Å². The summed E-state index contributed by atoms with van der Waals surface area (Å²) in [5.41, 5.74) is -0.246. The Bertz CT molecular complexity index is 517. The maximum atomic E-state index is 13.0. The molecule has 0 saturated heterocycles. The van der Waals surface area contributed by atoms with Crippen LogP contribution in [0.4, 0.5) is 0 Å². The van der Waals surface area contributed by atoms with E-state index in [0.717, 1.165) is 24.2 Å². The molecule has 0 aromatic heterocycles. The first-order valence-corrected chi connectivity index (χ1v) is 9.72. The van der Waals surface area contributed by atoms with Crippen LogP contribution in [0.3, 0.4) is 0 Å². The summed E-state index contributed by atoms with van der Waals surface area (Å²) in [4.78, 5) is 0.773. The van der Waals surface area contributed by atoms with Gasteiger partial charge in [-0.25, -0.2) is 0 Å². The molecule has 2 bridgehead atoms. The van der Waals surface area contributed by atoms with Crippen LogP contribution in [0.5, 0.6) is 0 Å². The van der Waals surface area contributed by atoms with Crippen LogP contribution in [0, 0.1) is 16.7 Å². The van der Waals surface area contributed by atoms with Crippen LogP contribution >= 0.6 is 0 Å². The van der Waals surface area contributed by atoms with E-state index in [4.69, 9.17) is 9.47 Å². The van der Waals surface area contributed by atoms with Crippen molar-refractivity contribution in [2.75, 3.05) is 19.5 Å². The van der Waals surface area contributed by atoms with Crippen molar-refractivity contribution in [2.45, 2.75) is 58.0 Å². The van der Waals surface area contributed by atoms with Crippen LogP contribution in [0.15, 0.2) is 11.0 Å². The predicted molar refractivity (Wildman–Crippen MR) is 88.0 cm³/mol. The highest BCUT2D eigenvalue weighted by Gasteiger charge is 2.64. The average molecular weight is 344 g/mol. The standard InChI is InChI=1S/C17H28O5S/c1-16(2)11-4-5-17(16,14(19)6-11)10-23(20)13-7-12(9-18)22-15(8-13)21-3/h8,11-12,14-15,18-19H,4-7,9-10H2,1-3H3/t11-,12+,14-,15-,17-,23?/m1/s1. The van der Waals surface area contributed by atoms with Gasteiger partial charge in [0.05, 0.1) is 18.8 Å². The number of methoxy groups -OCH3 is 1. The molecular weight excluding hydrogens is 316 g/mol. The Morgan fingerprint density at radius 1 is 1.48 bits per heavy atom. The highest BCUT2D eigenvalue weighted by molar-refractivity contribution is 7.89. The lowest BCUT2D eigenvalue weighted by atomic mass is 9.70. The summed E-state index contributed by atoms with van der Waals surface area (Å²) in [6, 6.07) is 0. The molecule has 1 heterocycles. The van der Waals surface area contributed by atoms with Crippen LogP contribution in [0.25, 0.3) is 0 Å². The molecule has 0 aromatic carbocycles. The molecule has 0 spiro atoms. The molecule has 6 heteroatoms. The fraction of sp³-hybridized carbons (Fsp3) is 0.882. The first-order chi connectivity index (χ1) is 10.8. The summed E-state index contributed by atoms with van der Waals surface area (Å²) < 4.78 is 23.8. The van der Waals surface area contributed by atoms with E-state index in [2.05, 4.69) is 13.8 Å². The number of aliphatic hydroxyl groups excluding tert-OH is 2. The molecule has 132 valence electrons. The molecule has 3 aliphatic rings. The maximum Gasteiger partial charge on any atom is 0.178 e. The first-order valence-electron chi connectivity index (χ1n) is 8.40.